The molecule has 0 spiro atoms. The van der Waals surface area contributed by atoms with Crippen LogP contribution in [0.1, 0.15) is 37.3 Å². The number of benzene rings is 2. The smallest absolute Gasteiger partial charge is 0.258 e. The van der Waals surface area contributed by atoms with Crippen molar-refractivity contribution in [1.82, 2.24) is 9.97 Å². The van der Waals surface area contributed by atoms with Gasteiger partial charge in [-0.2, -0.15) is 0 Å². The number of halogens is 2. The van der Waals surface area contributed by atoms with E-state index in [2.05, 4.69) is 9.97 Å². The van der Waals surface area contributed by atoms with Crippen LogP contribution in [0, 0.1) is 11.6 Å². The van der Waals surface area contributed by atoms with Gasteiger partial charge in [0.15, 0.2) is 5.82 Å². The molecule has 3 N–H and O–H groups in total. The lowest BCUT2D eigenvalue weighted by Gasteiger charge is -2.17. The molecule has 1 aromatic heterocycles. The van der Waals surface area contributed by atoms with Crippen LogP contribution in [0.2, 0.25) is 0 Å². The minimum Gasteiger partial charge on any atom is -0.332 e. The van der Waals surface area contributed by atoms with Gasteiger partial charge in [0.05, 0.1) is 10.9 Å². The molecule has 2 atom stereocenters. The van der Waals surface area contributed by atoms with Gasteiger partial charge in [-0.05, 0) is 38.1 Å². The predicted octanol–water partition coefficient (Wildman–Crippen LogP) is 2.59. The van der Waals surface area contributed by atoms with Crippen LogP contribution >= 0.6 is 0 Å². The number of quaternary nitrogens is 1. The van der Waals surface area contributed by atoms with Gasteiger partial charge in [-0.15, -0.1) is 0 Å². The first-order valence-electron chi connectivity index (χ1n) is 7.74. The van der Waals surface area contributed by atoms with E-state index < -0.39 is 11.6 Å². The van der Waals surface area contributed by atoms with Gasteiger partial charge < -0.3 is 10.3 Å². The summed E-state index contributed by atoms with van der Waals surface area (Å²) >= 11 is 0. The van der Waals surface area contributed by atoms with Crippen molar-refractivity contribution in [3.05, 3.63) is 75.8 Å². The molecule has 0 aliphatic heterocycles. The predicted molar refractivity (Wildman–Crippen MR) is 87.5 cm³/mol. The first-order valence-corrected chi connectivity index (χ1v) is 7.74. The highest BCUT2D eigenvalue weighted by atomic mass is 19.1. The van der Waals surface area contributed by atoms with Gasteiger partial charge >= 0.3 is 0 Å². The Kier molecular flexibility index (Phi) is 4.40. The number of fused-ring (bicyclic) bond motifs is 1. The molecule has 0 saturated carbocycles. The van der Waals surface area contributed by atoms with E-state index in [9.17, 15) is 13.6 Å². The van der Waals surface area contributed by atoms with Crippen molar-refractivity contribution in [3.63, 3.8) is 0 Å². The molecule has 0 bridgehead atoms. The van der Waals surface area contributed by atoms with Gasteiger partial charge in [0.1, 0.15) is 23.7 Å². The number of para-hydroxylation sites is 1. The van der Waals surface area contributed by atoms with Crippen molar-refractivity contribution < 1.29 is 14.1 Å². The van der Waals surface area contributed by atoms with Crippen LogP contribution in [0.4, 0.5) is 8.78 Å². The zero-order valence-electron chi connectivity index (χ0n) is 13.4. The molecule has 6 heteroatoms. The summed E-state index contributed by atoms with van der Waals surface area (Å²) in [5.41, 5.74) is 0.833. The zero-order valence-corrected chi connectivity index (χ0v) is 13.4. The Balaban J connectivity index is 1.86. The first kappa shape index (κ1) is 16.3. The summed E-state index contributed by atoms with van der Waals surface area (Å²) in [5.74, 6) is -0.656. The molecule has 3 aromatic rings. The third-order valence-corrected chi connectivity index (χ3v) is 4.09. The van der Waals surface area contributed by atoms with Crippen LogP contribution < -0.4 is 10.9 Å². The van der Waals surface area contributed by atoms with Crippen LogP contribution in [0.15, 0.2) is 47.3 Å². The lowest BCUT2D eigenvalue weighted by Crippen LogP contribution is -2.85. The molecule has 4 nitrogen and oxygen atoms in total. The Bertz CT molecular complexity index is 939. The zero-order chi connectivity index (χ0) is 17.3. The summed E-state index contributed by atoms with van der Waals surface area (Å²) in [5, 5.41) is 2.41. The average molecular weight is 330 g/mol. The molecule has 0 saturated heterocycles. The molecule has 0 unspecified atom stereocenters. The maximum Gasteiger partial charge on any atom is 0.258 e. The second kappa shape index (κ2) is 6.49. The normalized spacial score (nSPS) is 13.8. The summed E-state index contributed by atoms with van der Waals surface area (Å²) in [6.45, 7) is 3.71. The Labute approximate surface area is 137 Å². The number of nitrogens with zero attached hydrogens (tertiary/aromatic N) is 1. The van der Waals surface area contributed by atoms with Crippen LogP contribution in [0.25, 0.3) is 10.9 Å². The van der Waals surface area contributed by atoms with Gasteiger partial charge in [-0.25, -0.2) is 13.8 Å². The molecule has 124 valence electrons. The molecule has 3 rings (SSSR count). The fourth-order valence-electron chi connectivity index (χ4n) is 2.82. The van der Waals surface area contributed by atoms with Crippen LogP contribution in [0.5, 0.6) is 0 Å². The highest BCUT2D eigenvalue weighted by Gasteiger charge is 2.20. The molecule has 0 aliphatic carbocycles. The lowest BCUT2D eigenvalue weighted by atomic mass is 10.1. The van der Waals surface area contributed by atoms with Crippen molar-refractivity contribution in [1.29, 1.82) is 0 Å². The van der Waals surface area contributed by atoms with E-state index in [1.807, 2.05) is 25.2 Å². The summed E-state index contributed by atoms with van der Waals surface area (Å²) in [7, 11) is 0. The summed E-state index contributed by atoms with van der Waals surface area (Å²) < 4.78 is 26.9. The van der Waals surface area contributed by atoms with Crippen molar-refractivity contribution in [2.75, 3.05) is 0 Å². The fraction of sp³-hybridized carbons (Fsp3) is 0.222. The molecular weight excluding hydrogens is 312 g/mol. The summed E-state index contributed by atoms with van der Waals surface area (Å²) in [4.78, 5) is 19.4. The maximum absolute atomic E-state index is 13.9. The third-order valence-electron chi connectivity index (χ3n) is 4.09. The van der Waals surface area contributed by atoms with Gasteiger partial charge in [-0.1, -0.05) is 12.1 Å². The Morgan fingerprint density at radius 1 is 1.08 bits per heavy atom. The second-order valence-corrected chi connectivity index (χ2v) is 5.90. The number of nitrogens with one attached hydrogen (secondary N) is 1. The minimum atomic E-state index is -0.600. The SMILES string of the molecule is C[C@H]([NH2+][C@H](C)c1ccc(F)cc1F)c1nc2ccccc2c(=O)[nH]1. The van der Waals surface area contributed by atoms with Crippen LogP contribution in [0.3, 0.4) is 0 Å². The van der Waals surface area contributed by atoms with Crippen molar-refractivity contribution in [2.24, 2.45) is 0 Å². The van der Waals surface area contributed by atoms with Gasteiger partial charge in [0.2, 0.25) is 0 Å². The molecule has 0 radical (unpaired) electrons. The number of hydrogen-bond acceptors (Lipinski definition) is 2. The average Bonchev–Trinajstić information content (AvgIpc) is 2.54. The van der Waals surface area contributed by atoms with E-state index in [4.69, 9.17) is 0 Å². The monoisotopic (exact) mass is 330 g/mol. The van der Waals surface area contributed by atoms with E-state index in [0.717, 1.165) is 6.07 Å². The van der Waals surface area contributed by atoms with E-state index in [1.165, 1.54) is 12.1 Å². The topological polar surface area (TPSA) is 62.4 Å². The first-order chi connectivity index (χ1) is 11.5. The largest absolute Gasteiger partial charge is 0.332 e. The Morgan fingerprint density at radius 2 is 1.83 bits per heavy atom. The molecule has 0 amide bonds. The Morgan fingerprint density at radius 3 is 2.58 bits per heavy atom. The number of aromatic nitrogens is 2. The molecule has 2 aromatic carbocycles. The highest BCUT2D eigenvalue weighted by Crippen LogP contribution is 2.16. The van der Waals surface area contributed by atoms with Gasteiger partial charge in [-0.3, -0.25) is 4.79 Å². The molecule has 0 aliphatic rings. The van der Waals surface area contributed by atoms with Crippen molar-refractivity contribution in [2.45, 2.75) is 25.9 Å². The standard InChI is InChI=1S/C18H17F2N3O/c1-10(13-8-7-12(19)9-15(13)20)21-11(2)17-22-16-6-4-3-5-14(16)18(24)23-17/h3-11,21H,1-2H3,(H,22,23,24)/p+1/t10-,11+/m1/s1. The van der Waals surface area contributed by atoms with E-state index >= 15 is 0 Å². The van der Waals surface area contributed by atoms with Crippen LogP contribution in [-0.4, -0.2) is 9.97 Å². The number of nitrogens with two attached hydrogens (primary N) is 1. The maximum atomic E-state index is 13.9. The van der Waals surface area contributed by atoms with Gasteiger partial charge in [0, 0.05) is 11.6 Å². The van der Waals surface area contributed by atoms with Crippen molar-refractivity contribution >= 4 is 10.9 Å². The molecule has 1 heterocycles. The molecule has 0 fully saturated rings. The van der Waals surface area contributed by atoms with E-state index in [-0.39, 0.29) is 17.6 Å². The lowest BCUT2D eigenvalue weighted by molar-refractivity contribution is -0.729. The van der Waals surface area contributed by atoms with Crippen molar-refractivity contribution in [3.8, 4) is 0 Å². The molecule has 24 heavy (non-hydrogen) atoms. The van der Waals surface area contributed by atoms with E-state index in [0.29, 0.717) is 22.3 Å². The summed E-state index contributed by atoms with van der Waals surface area (Å²) in [6.07, 6.45) is 0. The van der Waals surface area contributed by atoms with Crippen LogP contribution in [-0.2, 0) is 0 Å². The molecular formula is C18H18F2N3O+. The number of aromatic amines is 1. The second-order valence-electron chi connectivity index (χ2n) is 5.90. The third kappa shape index (κ3) is 3.19. The van der Waals surface area contributed by atoms with E-state index in [1.54, 1.807) is 18.2 Å². The highest BCUT2D eigenvalue weighted by molar-refractivity contribution is 5.77. The number of rotatable bonds is 4. The number of H-pyrrole nitrogens is 1. The number of hydrogen-bond donors (Lipinski definition) is 2. The van der Waals surface area contributed by atoms with Gasteiger partial charge in [0.25, 0.3) is 5.56 Å². The quantitative estimate of drug-likeness (QED) is 0.772. The fourth-order valence-corrected chi connectivity index (χ4v) is 2.82. The summed E-state index contributed by atoms with van der Waals surface area (Å²) in [6, 6.07) is 10.2. The minimum absolute atomic E-state index is 0.193. The Hall–Kier alpha value is -2.60.